The van der Waals surface area contributed by atoms with Crippen LogP contribution in [0.2, 0.25) is 0 Å². The number of hydrogen-bond acceptors (Lipinski definition) is 6. The van der Waals surface area contributed by atoms with E-state index in [2.05, 4.69) is 9.84 Å². The minimum atomic E-state index is -1.54. The van der Waals surface area contributed by atoms with Gasteiger partial charge in [0.1, 0.15) is 11.3 Å². The molecule has 0 amide bonds. The van der Waals surface area contributed by atoms with Crippen LogP contribution < -0.4 is 0 Å². The Morgan fingerprint density at radius 1 is 1.43 bits per heavy atom. The van der Waals surface area contributed by atoms with E-state index in [1.54, 1.807) is 32.1 Å². The Kier molecular flexibility index (Phi) is 4.83. The molecule has 7 heteroatoms. The Balaban J connectivity index is 3.17. The van der Waals surface area contributed by atoms with Gasteiger partial charge in [0.15, 0.2) is 0 Å². The summed E-state index contributed by atoms with van der Waals surface area (Å²) < 4.78 is 5.82. The number of rotatable bonds is 4. The summed E-state index contributed by atoms with van der Waals surface area (Å²) in [6, 6.07) is 5.20. The van der Waals surface area contributed by atoms with Crippen molar-refractivity contribution in [2.24, 2.45) is 11.3 Å². The van der Waals surface area contributed by atoms with E-state index in [1.807, 2.05) is 0 Å². The number of methoxy groups -OCH3 is 1. The van der Waals surface area contributed by atoms with Crippen LogP contribution in [0.25, 0.3) is 0 Å². The predicted octanol–water partition coefficient (Wildman–Crippen LogP) is 1.37. The molecule has 1 heterocycles. The zero-order valence-electron chi connectivity index (χ0n) is 12.4. The molecule has 7 nitrogen and oxygen atoms in total. The topological polar surface area (TPSA) is 109 Å². The van der Waals surface area contributed by atoms with Gasteiger partial charge in [-0.15, -0.1) is 0 Å². The van der Waals surface area contributed by atoms with E-state index < -0.39 is 23.2 Å². The monoisotopic (exact) mass is 288 g/mol. The molecule has 0 N–H and O–H groups in total. The molecule has 0 saturated heterocycles. The maximum atomic E-state index is 12.3. The minimum Gasteiger partial charge on any atom is -0.469 e. The van der Waals surface area contributed by atoms with E-state index in [4.69, 9.17) is 10.5 Å². The van der Waals surface area contributed by atoms with Gasteiger partial charge in [-0.1, -0.05) is 0 Å². The van der Waals surface area contributed by atoms with Gasteiger partial charge in [0.05, 0.1) is 24.9 Å². The summed E-state index contributed by atoms with van der Waals surface area (Å²) in [5.41, 5.74) is -0.255. The maximum absolute atomic E-state index is 12.3. The van der Waals surface area contributed by atoms with Crippen LogP contribution in [0.4, 0.5) is 0 Å². The Labute approximate surface area is 122 Å². The highest BCUT2D eigenvalue weighted by Gasteiger charge is 2.45. The highest BCUT2D eigenvalue weighted by atomic mass is 16.5. The summed E-state index contributed by atoms with van der Waals surface area (Å²) in [6.45, 7) is 4.82. The first-order valence-electron chi connectivity index (χ1n) is 6.24. The predicted molar refractivity (Wildman–Crippen MR) is 71.8 cm³/mol. The van der Waals surface area contributed by atoms with Gasteiger partial charge in [-0.25, -0.2) is 4.68 Å². The van der Waals surface area contributed by atoms with Crippen molar-refractivity contribution in [3.63, 3.8) is 0 Å². The second-order valence-corrected chi connectivity index (χ2v) is 5.01. The van der Waals surface area contributed by atoms with Crippen LogP contribution in [0.1, 0.15) is 29.5 Å². The number of carbonyl (C=O) groups is 2. The van der Waals surface area contributed by atoms with Gasteiger partial charge >= 0.3 is 5.97 Å². The number of nitrogens with zero attached hydrogens (tertiary/aromatic N) is 4. The van der Waals surface area contributed by atoms with Crippen molar-refractivity contribution in [3.05, 3.63) is 17.5 Å². The zero-order valence-corrected chi connectivity index (χ0v) is 12.4. The molecular weight excluding hydrogens is 272 g/mol. The molecule has 1 atom stereocenters. The lowest BCUT2D eigenvalue weighted by molar-refractivity contribution is -0.152. The van der Waals surface area contributed by atoms with Gasteiger partial charge in [-0.05, 0) is 26.8 Å². The number of hydrogen-bond donors (Lipinski definition) is 0. The number of carbonyl (C=O) groups excluding carboxylic acids is 2. The number of ether oxygens (including phenoxy) is 1. The summed E-state index contributed by atoms with van der Waals surface area (Å²) in [6.07, 6.45) is -0.340. The van der Waals surface area contributed by atoms with Crippen molar-refractivity contribution in [2.45, 2.75) is 27.2 Å². The van der Waals surface area contributed by atoms with Crippen molar-refractivity contribution in [1.29, 1.82) is 10.5 Å². The summed E-state index contributed by atoms with van der Waals surface area (Å²) in [7, 11) is 1.15. The van der Waals surface area contributed by atoms with Crippen molar-refractivity contribution in [1.82, 2.24) is 9.78 Å². The molecule has 1 rings (SSSR count). The van der Waals surface area contributed by atoms with E-state index in [-0.39, 0.29) is 6.42 Å². The SMILES string of the molecule is COC(=O)[C@@](C)(CC(=O)n1nc(C)cc1C)C(C#N)C#N. The fraction of sp³-hybridized carbons (Fsp3) is 0.500. The molecule has 0 saturated carbocycles. The van der Waals surface area contributed by atoms with Crippen LogP contribution in [0.15, 0.2) is 6.07 Å². The third-order valence-corrected chi connectivity index (χ3v) is 3.31. The lowest BCUT2D eigenvalue weighted by Crippen LogP contribution is -2.39. The largest absolute Gasteiger partial charge is 0.469 e. The normalized spacial score (nSPS) is 13.1. The zero-order chi connectivity index (χ0) is 16.2. The molecule has 0 bridgehead atoms. The van der Waals surface area contributed by atoms with E-state index in [0.717, 1.165) is 7.11 Å². The third kappa shape index (κ3) is 3.09. The van der Waals surface area contributed by atoms with Crippen LogP contribution in [0, 0.1) is 47.8 Å². The Bertz CT molecular complexity index is 636. The van der Waals surface area contributed by atoms with Gasteiger partial charge in [0.25, 0.3) is 0 Å². The van der Waals surface area contributed by atoms with Crippen LogP contribution in [-0.2, 0) is 9.53 Å². The molecule has 0 spiro atoms. The van der Waals surface area contributed by atoms with Crippen LogP contribution in [0.5, 0.6) is 0 Å². The Morgan fingerprint density at radius 2 is 2.00 bits per heavy atom. The first-order valence-corrected chi connectivity index (χ1v) is 6.24. The molecule has 0 radical (unpaired) electrons. The van der Waals surface area contributed by atoms with Gasteiger partial charge in [-0.2, -0.15) is 15.6 Å². The van der Waals surface area contributed by atoms with E-state index in [1.165, 1.54) is 11.6 Å². The lowest BCUT2D eigenvalue weighted by atomic mass is 9.75. The standard InChI is InChI=1S/C14H16N4O3/c1-9-5-10(2)18(17-9)12(19)6-14(3,13(20)21-4)11(7-15)8-16/h5,11H,6H2,1-4H3/t14-/m0/s1. The average Bonchev–Trinajstić information content (AvgIpc) is 2.78. The molecule has 0 fully saturated rings. The summed E-state index contributed by atoms with van der Waals surface area (Å²) in [5.74, 6) is -2.53. The summed E-state index contributed by atoms with van der Waals surface area (Å²) >= 11 is 0. The minimum absolute atomic E-state index is 0.340. The molecule has 0 aliphatic rings. The van der Waals surface area contributed by atoms with Crippen molar-refractivity contribution >= 4 is 11.9 Å². The molecule has 0 aliphatic heterocycles. The van der Waals surface area contributed by atoms with Gasteiger partial charge in [0, 0.05) is 12.1 Å². The van der Waals surface area contributed by atoms with E-state index in [0.29, 0.717) is 11.4 Å². The van der Waals surface area contributed by atoms with Crippen LogP contribution >= 0.6 is 0 Å². The van der Waals surface area contributed by atoms with Crippen LogP contribution in [0.3, 0.4) is 0 Å². The quantitative estimate of drug-likeness (QED) is 0.774. The summed E-state index contributed by atoms with van der Waals surface area (Å²) in [4.78, 5) is 24.3. The second kappa shape index (κ2) is 6.19. The number of esters is 1. The van der Waals surface area contributed by atoms with E-state index >= 15 is 0 Å². The smallest absolute Gasteiger partial charge is 0.314 e. The molecule has 0 aliphatic carbocycles. The maximum Gasteiger partial charge on any atom is 0.314 e. The van der Waals surface area contributed by atoms with E-state index in [9.17, 15) is 9.59 Å². The average molecular weight is 288 g/mol. The summed E-state index contributed by atoms with van der Waals surface area (Å²) in [5, 5.41) is 22.1. The number of aromatic nitrogens is 2. The first kappa shape index (κ1) is 16.4. The molecule has 1 aromatic heterocycles. The fourth-order valence-corrected chi connectivity index (χ4v) is 2.11. The van der Waals surface area contributed by atoms with Crippen molar-refractivity contribution < 1.29 is 14.3 Å². The second-order valence-electron chi connectivity index (χ2n) is 5.01. The number of nitriles is 2. The highest BCUT2D eigenvalue weighted by molar-refractivity contribution is 5.87. The van der Waals surface area contributed by atoms with Crippen molar-refractivity contribution in [2.75, 3.05) is 7.11 Å². The number of aryl methyl sites for hydroxylation is 2. The third-order valence-electron chi connectivity index (χ3n) is 3.31. The molecular formula is C14H16N4O3. The molecule has 1 aromatic rings. The highest BCUT2D eigenvalue weighted by Crippen LogP contribution is 2.33. The molecule has 0 unspecified atom stereocenters. The first-order chi connectivity index (χ1) is 9.79. The Hall–Kier alpha value is -2.67. The van der Waals surface area contributed by atoms with Crippen molar-refractivity contribution in [3.8, 4) is 12.1 Å². The van der Waals surface area contributed by atoms with Gasteiger partial charge in [-0.3, -0.25) is 9.59 Å². The molecule has 21 heavy (non-hydrogen) atoms. The van der Waals surface area contributed by atoms with Gasteiger partial charge < -0.3 is 4.74 Å². The fourth-order valence-electron chi connectivity index (χ4n) is 2.11. The Morgan fingerprint density at radius 3 is 2.38 bits per heavy atom. The van der Waals surface area contributed by atoms with Gasteiger partial charge in [0.2, 0.25) is 5.91 Å². The lowest BCUT2D eigenvalue weighted by Gasteiger charge is -2.26. The van der Waals surface area contributed by atoms with Crippen LogP contribution in [-0.4, -0.2) is 28.8 Å². The molecule has 110 valence electrons. The molecule has 0 aromatic carbocycles.